The van der Waals surface area contributed by atoms with Crippen LogP contribution in [0.15, 0.2) is 121 Å². The maximum atomic E-state index is 11.3. The molecule has 0 saturated carbocycles. The summed E-state index contributed by atoms with van der Waals surface area (Å²) >= 11 is 0. The summed E-state index contributed by atoms with van der Waals surface area (Å²) in [5.41, 5.74) is 1.89. The number of ether oxygens (including phenoxy) is 4. The van der Waals surface area contributed by atoms with Gasteiger partial charge in [0, 0.05) is 0 Å². The van der Waals surface area contributed by atoms with Crippen molar-refractivity contribution in [2.45, 2.75) is 37.6 Å². The normalized spacial score (nSPS) is 14.3. The molecule has 0 bridgehead atoms. The van der Waals surface area contributed by atoms with E-state index in [0.717, 1.165) is 11.1 Å². The first-order chi connectivity index (χ1) is 18.7. The van der Waals surface area contributed by atoms with Gasteiger partial charge in [-0.05, 0) is 35.4 Å². The fraction of sp³-hybridized carbons (Fsp3) is 0.250. The Kier molecular flexibility index (Phi) is 10.7. The summed E-state index contributed by atoms with van der Waals surface area (Å²) in [6.07, 6.45) is -4.26. The van der Waals surface area contributed by atoms with Crippen molar-refractivity contribution < 1.29 is 29.2 Å². The monoisotopic (exact) mass is 514 g/mol. The van der Waals surface area contributed by atoms with Crippen molar-refractivity contribution in [1.29, 1.82) is 0 Å². The molecule has 0 aromatic heterocycles. The molecule has 6 nitrogen and oxygen atoms in total. The van der Waals surface area contributed by atoms with Gasteiger partial charge in [0.25, 0.3) is 0 Å². The van der Waals surface area contributed by atoms with Crippen molar-refractivity contribution in [1.82, 2.24) is 0 Å². The van der Waals surface area contributed by atoms with Crippen LogP contribution in [0, 0.1) is 0 Å². The summed E-state index contributed by atoms with van der Waals surface area (Å²) in [4.78, 5) is 0. The summed E-state index contributed by atoms with van der Waals surface area (Å²) in [5.74, 6) is 1.29. The quantitative estimate of drug-likeness (QED) is 0.232. The number of para-hydroxylation sites is 2. The second-order valence-electron chi connectivity index (χ2n) is 8.90. The van der Waals surface area contributed by atoms with Gasteiger partial charge in [-0.3, -0.25) is 0 Å². The Morgan fingerprint density at radius 1 is 0.447 bits per heavy atom. The van der Waals surface area contributed by atoms with E-state index < -0.39 is 24.4 Å². The van der Waals surface area contributed by atoms with Gasteiger partial charge in [0.15, 0.2) is 0 Å². The van der Waals surface area contributed by atoms with Crippen molar-refractivity contribution in [2.24, 2.45) is 0 Å². The zero-order valence-electron chi connectivity index (χ0n) is 21.2. The molecule has 0 aliphatic carbocycles. The van der Waals surface area contributed by atoms with Gasteiger partial charge in [0.05, 0.1) is 13.2 Å². The Morgan fingerprint density at radius 3 is 1.11 bits per heavy atom. The molecule has 4 aromatic carbocycles. The fourth-order valence-corrected chi connectivity index (χ4v) is 3.88. The van der Waals surface area contributed by atoms with Crippen molar-refractivity contribution in [3.8, 4) is 11.5 Å². The second kappa shape index (κ2) is 14.9. The van der Waals surface area contributed by atoms with E-state index in [0.29, 0.717) is 11.5 Å². The van der Waals surface area contributed by atoms with Crippen LogP contribution >= 0.6 is 0 Å². The van der Waals surface area contributed by atoms with Crippen LogP contribution in [-0.2, 0) is 22.7 Å². The van der Waals surface area contributed by atoms with Crippen LogP contribution in [0.25, 0.3) is 0 Å². The van der Waals surface area contributed by atoms with Crippen LogP contribution in [0.1, 0.15) is 11.1 Å². The highest BCUT2D eigenvalue weighted by atomic mass is 16.6. The minimum atomic E-state index is -1.30. The predicted octanol–water partition coefficient (Wildman–Crippen LogP) is 5.04. The Bertz CT molecular complexity index is 976. The number of aliphatic hydroxyl groups is 2. The fourth-order valence-electron chi connectivity index (χ4n) is 3.88. The van der Waals surface area contributed by atoms with E-state index in [4.69, 9.17) is 18.9 Å². The molecule has 2 N–H and O–H groups in total. The molecule has 4 rings (SSSR count). The Morgan fingerprint density at radius 2 is 0.763 bits per heavy atom. The maximum Gasteiger partial charge on any atom is 0.120 e. The van der Waals surface area contributed by atoms with Gasteiger partial charge in [-0.15, -0.1) is 0 Å². The highest BCUT2D eigenvalue weighted by molar-refractivity contribution is 5.22. The Balaban J connectivity index is 1.46. The molecule has 4 atom stereocenters. The minimum Gasteiger partial charge on any atom is -0.491 e. The molecule has 0 unspecified atom stereocenters. The summed E-state index contributed by atoms with van der Waals surface area (Å²) in [6, 6.07) is 37.9. The largest absolute Gasteiger partial charge is 0.491 e. The van der Waals surface area contributed by atoms with E-state index in [9.17, 15) is 10.2 Å². The van der Waals surface area contributed by atoms with Crippen LogP contribution in [-0.4, -0.2) is 47.8 Å². The minimum absolute atomic E-state index is 0.0417. The van der Waals surface area contributed by atoms with Crippen LogP contribution in [0.4, 0.5) is 0 Å². The lowest BCUT2D eigenvalue weighted by atomic mass is 10.0. The van der Waals surface area contributed by atoms with Crippen LogP contribution in [0.3, 0.4) is 0 Å². The van der Waals surface area contributed by atoms with E-state index >= 15 is 0 Å². The second-order valence-corrected chi connectivity index (χ2v) is 8.90. The van der Waals surface area contributed by atoms with Gasteiger partial charge < -0.3 is 29.2 Å². The smallest absolute Gasteiger partial charge is 0.120 e. The van der Waals surface area contributed by atoms with E-state index in [1.54, 1.807) is 0 Å². The standard InChI is InChI=1S/C32H34O6/c33-31(29(23-35-27-17-9-3-10-18-27)37-21-25-13-5-1-6-14-25)32(34)30(24-36-28-19-11-4-12-20-28)38-22-26-15-7-2-8-16-26/h1-20,29-34H,21-24H2/t29-,30-,31-,32+/m1/s1. The van der Waals surface area contributed by atoms with E-state index in [1.807, 2.05) is 121 Å². The molecule has 38 heavy (non-hydrogen) atoms. The first-order valence-electron chi connectivity index (χ1n) is 12.7. The van der Waals surface area contributed by atoms with Gasteiger partial charge in [-0.2, -0.15) is 0 Å². The van der Waals surface area contributed by atoms with Crippen LogP contribution < -0.4 is 9.47 Å². The molecule has 0 saturated heterocycles. The number of benzene rings is 4. The average Bonchev–Trinajstić information content (AvgIpc) is 2.99. The molecule has 0 aliphatic rings. The zero-order valence-corrected chi connectivity index (χ0v) is 21.2. The van der Waals surface area contributed by atoms with Crippen molar-refractivity contribution in [3.63, 3.8) is 0 Å². The number of aliphatic hydroxyl groups excluding tert-OH is 2. The summed E-state index contributed by atoms with van der Waals surface area (Å²) in [5, 5.41) is 22.6. The molecule has 0 radical (unpaired) electrons. The number of hydrogen-bond acceptors (Lipinski definition) is 6. The molecule has 0 spiro atoms. The number of hydrogen-bond donors (Lipinski definition) is 2. The highest BCUT2D eigenvalue weighted by Crippen LogP contribution is 2.19. The number of rotatable bonds is 15. The molecule has 0 heterocycles. The molecule has 0 aliphatic heterocycles. The average molecular weight is 515 g/mol. The lowest BCUT2D eigenvalue weighted by molar-refractivity contribution is -0.156. The molecular formula is C32H34O6. The van der Waals surface area contributed by atoms with Crippen LogP contribution in [0.2, 0.25) is 0 Å². The third kappa shape index (κ3) is 8.71. The third-order valence-electron chi connectivity index (χ3n) is 6.04. The summed E-state index contributed by atoms with van der Waals surface area (Å²) in [7, 11) is 0. The van der Waals surface area contributed by atoms with Gasteiger partial charge in [-0.25, -0.2) is 0 Å². The Hall–Kier alpha value is -3.68. The third-order valence-corrected chi connectivity index (χ3v) is 6.04. The molecule has 0 fully saturated rings. The van der Waals surface area contributed by atoms with Crippen molar-refractivity contribution in [2.75, 3.05) is 13.2 Å². The van der Waals surface area contributed by atoms with E-state index in [-0.39, 0.29) is 26.4 Å². The highest BCUT2D eigenvalue weighted by Gasteiger charge is 2.35. The molecule has 4 aromatic rings. The summed E-state index contributed by atoms with van der Waals surface area (Å²) < 4.78 is 24.0. The predicted molar refractivity (Wildman–Crippen MR) is 146 cm³/mol. The Labute approximate surface area is 224 Å². The SMILES string of the molecule is O[C@H]([C@H](O)[C@@H](COc1ccccc1)OCc1ccccc1)[C@@H](COc1ccccc1)OCc1ccccc1. The molecular weight excluding hydrogens is 480 g/mol. The van der Waals surface area contributed by atoms with Crippen molar-refractivity contribution in [3.05, 3.63) is 132 Å². The van der Waals surface area contributed by atoms with Gasteiger partial charge in [0.1, 0.15) is 49.1 Å². The maximum absolute atomic E-state index is 11.3. The topological polar surface area (TPSA) is 77.4 Å². The molecule has 198 valence electrons. The first-order valence-corrected chi connectivity index (χ1v) is 12.7. The lowest BCUT2D eigenvalue weighted by Gasteiger charge is -2.32. The molecule has 6 heteroatoms. The van der Waals surface area contributed by atoms with Gasteiger partial charge in [-0.1, -0.05) is 97.1 Å². The first kappa shape index (κ1) is 27.4. The van der Waals surface area contributed by atoms with Crippen molar-refractivity contribution >= 4 is 0 Å². The van der Waals surface area contributed by atoms with Gasteiger partial charge in [0.2, 0.25) is 0 Å². The summed E-state index contributed by atoms with van der Waals surface area (Å²) in [6.45, 7) is 0.590. The van der Waals surface area contributed by atoms with Gasteiger partial charge >= 0.3 is 0 Å². The lowest BCUT2D eigenvalue weighted by Crippen LogP contribution is -2.50. The van der Waals surface area contributed by atoms with E-state index in [1.165, 1.54) is 0 Å². The van der Waals surface area contributed by atoms with Crippen LogP contribution in [0.5, 0.6) is 11.5 Å². The molecule has 0 amide bonds. The van der Waals surface area contributed by atoms with E-state index in [2.05, 4.69) is 0 Å². The zero-order chi connectivity index (χ0) is 26.4.